The third-order valence-electron chi connectivity index (χ3n) is 1.92. The van der Waals surface area contributed by atoms with Crippen LogP contribution in [0, 0.1) is 13.8 Å². The minimum Gasteiger partial charge on any atom is -0.294 e. The van der Waals surface area contributed by atoms with E-state index < -0.39 is 0 Å². The summed E-state index contributed by atoms with van der Waals surface area (Å²) in [6.07, 6.45) is 0. The first kappa shape index (κ1) is 8.78. The molecule has 0 fully saturated rings. The van der Waals surface area contributed by atoms with Gasteiger partial charge in [0.2, 0.25) is 0 Å². The first-order chi connectivity index (χ1) is 5.65. The van der Waals surface area contributed by atoms with E-state index in [9.17, 15) is 4.53 Å². The van der Waals surface area contributed by atoms with Crippen molar-refractivity contribution in [3.8, 4) is 0 Å². The monoisotopic (exact) mass is 166 g/mol. The van der Waals surface area contributed by atoms with Crippen molar-refractivity contribution >= 4 is 5.76 Å². The van der Waals surface area contributed by atoms with E-state index in [1.807, 2.05) is 26.0 Å². The average Bonchev–Trinajstić information content (AvgIpc) is 2.08. The van der Waals surface area contributed by atoms with Crippen LogP contribution < -0.4 is 0 Å². The molecule has 0 aliphatic rings. The number of benzene rings is 1. The van der Waals surface area contributed by atoms with E-state index in [1.165, 1.54) is 5.56 Å². The number of aryl methyl sites for hydroxylation is 2. The van der Waals surface area contributed by atoms with Crippen LogP contribution in [0.3, 0.4) is 0 Å². The van der Waals surface area contributed by atoms with E-state index in [0.717, 1.165) is 5.56 Å². The SMILES string of the molecule is C=C(OF)c1ccc(C)c(C)c1. The molecule has 0 aliphatic heterocycles. The largest absolute Gasteiger partial charge is 0.294 e. The van der Waals surface area contributed by atoms with Gasteiger partial charge in [-0.15, -0.1) is 0 Å². The zero-order valence-corrected chi connectivity index (χ0v) is 7.23. The Morgan fingerprint density at radius 2 is 2.00 bits per heavy atom. The van der Waals surface area contributed by atoms with Crippen molar-refractivity contribution in [3.63, 3.8) is 0 Å². The molecule has 1 aromatic carbocycles. The zero-order chi connectivity index (χ0) is 9.14. The summed E-state index contributed by atoms with van der Waals surface area (Å²) in [6, 6.07) is 5.54. The fourth-order valence-electron chi connectivity index (χ4n) is 0.959. The van der Waals surface area contributed by atoms with Crippen LogP contribution in [-0.4, -0.2) is 0 Å². The van der Waals surface area contributed by atoms with E-state index in [0.29, 0.717) is 5.56 Å². The molecule has 0 atom stereocenters. The predicted octanol–water partition coefficient (Wildman–Crippen LogP) is 3.18. The molecule has 1 nitrogen and oxygen atoms in total. The Morgan fingerprint density at radius 1 is 1.33 bits per heavy atom. The van der Waals surface area contributed by atoms with E-state index in [2.05, 4.69) is 11.5 Å². The molecule has 0 spiro atoms. The second-order valence-corrected chi connectivity index (χ2v) is 2.80. The van der Waals surface area contributed by atoms with Crippen molar-refractivity contribution in [1.82, 2.24) is 0 Å². The fraction of sp³-hybridized carbons (Fsp3) is 0.200. The summed E-state index contributed by atoms with van der Waals surface area (Å²) < 4.78 is 11.7. The molecule has 1 aromatic rings. The third-order valence-corrected chi connectivity index (χ3v) is 1.92. The highest BCUT2D eigenvalue weighted by atomic mass is 19.3. The first-order valence-electron chi connectivity index (χ1n) is 3.70. The number of hydrogen-bond acceptors (Lipinski definition) is 1. The molecule has 1 rings (SSSR count). The first-order valence-corrected chi connectivity index (χ1v) is 3.70. The molecule has 0 amide bonds. The van der Waals surface area contributed by atoms with Gasteiger partial charge in [-0.2, -0.15) is 0 Å². The van der Waals surface area contributed by atoms with Crippen LogP contribution in [-0.2, 0) is 4.94 Å². The molecule has 0 saturated heterocycles. The normalized spacial score (nSPS) is 9.58. The molecule has 0 heterocycles. The third kappa shape index (κ3) is 1.64. The maximum atomic E-state index is 11.7. The van der Waals surface area contributed by atoms with Crippen molar-refractivity contribution < 1.29 is 9.47 Å². The van der Waals surface area contributed by atoms with Gasteiger partial charge in [-0.3, -0.25) is 4.94 Å². The Bertz CT molecular complexity index is 305. The quantitative estimate of drug-likeness (QED) is 0.613. The Balaban J connectivity index is 3.05. The molecule has 0 aromatic heterocycles. The summed E-state index contributed by atoms with van der Waals surface area (Å²) in [7, 11) is 0. The van der Waals surface area contributed by atoms with Crippen LogP contribution in [0.15, 0.2) is 24.8 Å². The Kier molecular flexibility index (Phi) is 2.48. The van der Waals surface area contributed by atoms with E-state index in [-0.39, 0.29) is 5.76 Å². The van der Waals surface area contributed by atoms with Gasteiger partial charge in [0, 0.05) is 10.1 Å². The summed E-state index contributed by atoms with van der Waals surface area (Å²) in [6.45, 7) is 7.38. The van der Waals surface area contributed by atoms with Crippen LogP contribution in [0.25, 0.3) is 5.76 Å². The van der Waals surface area contributed by atoms with Gasteiger partial charge in [0.25, 0.3) is 0 Å². The lowest BCUT2D eigenvalue weighted by molar-refractivity contribution is -0.0416. The second kappa shape index (κ2) is 3.39. The summed E-state index contributed by atoms with van der Waals surface area (Å²) in [5.74, 6) is 0.0538. The van der Waals surface area contributed by atoms with Crippen LogP contribution in [0.1, 0.15) is 16.7 Å². The lowest BCUT2D eigenvalue weighted by atomic mass is 10.1. The average molecular weight is 166 g/mol. The molecule has 0 radical (unpaired) electrons. The Labute approximate surface area is 71.4 Å². The topological polar surface area (TPSA) is 9.23 Å². The van der Waals surface area contributed by atoms with Crippen molar-refractivity contribution in [2.75, 3.05) is 0 Å². The highest BCUT2D eigenvalue weighted by Gasteiger charge is 2.01. The van der Waals surface area contributed by atoms with E-state index >= 15 is 0 Å². The molecule has 0 saturated carbocycles. The van der Waals surface area contributed by atoms with Gasteiger partial charge in [-0.1, -0.05) is 18.7 Å². The second-order valence-electron chi connectivity index (χ2n) is 2.80. The van der Waals surface area contributed by atoms with Gasteiger partial charge in [0.1, 0.15) is 0 Å². The molecule has 12 heavy (non-hydrogen) atoms. The lowest BCUT2D eigenvalue weighted by Gasteiger charge is -2.03. The smallest absolute Gasteiger partial charge is 0.171 e. The van der Waals surface area contributed by atoms with Crippen LogP contribution in [0.2, 0.25) is 0 Å². The molecule has 0 bridgehead atoms. The van der Waals surface area contributed by atoms with Gasteiger partial charge in [0.15, 0.2) is 5.76 Å². The molecule has 64 valence electrons. The molecule has 0 unspecified atom stereocenters. The highest BCUT2D eigenvalue weighted by Crippen LogP contribution is 2.17. The summed E-state index contributed by atoms with van der Waals surface area (Å²) in [4.78, 5) is 3.54. The standard InChI is InChI=1S/C10H11FO/c1-7-4-5-10(6-8(7)2)9(3)12-11/h4-6H,3H2,1-2H3. The van der Waals surface area contributed by atoms with Crippen molar-refractivity contribution in [2.45, 2.75) is 13.8 Å². The van der Waals surface area contributed by atoms with E-state index in [4.69, 9.17) is 0 Å². The van der Waals surface area contributed by atoms with Crippen LogP contribution in [0.4, 0.5) is 4.53 Å². The summed E-state index contributed by atoms with van der Waals surface area (Å²) in [5, 5.41) is 0. The number of hydrogen-bond donors (Lipinski definition) is 0. The number of rotatable bonds is 2. The molecule has 2 heteroatoms. The van der Waals surface area contributed by atoms with E-state index in [1.54, 1.807) is 6.07 Å². The van der Waals surface area contributed by atoms with Crippen LogP contribution in [0.5, 0.6) is 0 Å². The van der Waals surface area contributed by atoms with Crippen molar-refractivity contribution in [1.29, 1.82) is 0 Å². The van der Waals surface area contributed by atoms with Crippen molar-refractivity contribution in [3.05, 3.63) is 41.5 Å². The maximum Gasteiger partial charge on any atom is 0.171 e. The maximum absolute atomic E-state index is 11.7. The molecular weight excluding hydrogens is 155 g/mol. The number of halogens is 1. The van der Waals surface area contributed by atoms with Gasteiger partial charge in [-0.25, -0.2) is 0 Å². The zero-order valence-electron chi connectivity index (χ0n) is 7.23. The lowest BCUT2D eigenvalue weighted by Crippen LogP contribution is -1.86. The molecule has 0 aliphatic carbocycles. The predicted molar refractivity (Wildman–Crippen MR) is 47.1 cm³/mol. The van der Waals surface area contributed by atoms with Gasteiger partial charge < -0.3 is 0 Å². The minimum absolute atomic E-state index is 0.0538. The minimum atomic E-state index is 0.0538. The van der Waals surface area contributed by atoms with Gasteiger partial charge in [-0.05, 0) is 31.0 Å². The summed E-state index contributed by atoms with van der Waals surface area (Å²) >= 11 is 0. The van der Waals surface area contributed by atoms with Gasteiger partial charge >= 0.3 is 0 Å². The Hall–Kier alpha value is -1.31. The van der Waals surface area contributed by atoms with Crippen LogP contribution >= 0.6 is 0 Å². The van der Waals surface area contributed by atoms with Crippen molar-refractivity contribution in [2.24, 2.45) is 0 Å². The molecular formula is C10H11FO. The summed E-state index contributed by atoms with van der Waals surface area (Å²) in [5.41, 5.74) is 2.96. The van der Waals surface area contributed by atoms with Gasteiger partial charge in [0.05, 0.1) is 0 Å². The Morgan fingerprint density at radius 3 is 2.50 bits per heavy atom. The highest BCUT2D eigenvalue weighted by molar-refractivity contribution is 5.58. The molecule has 0 N–H and O–H groups in total. The fourth-order valence-corrected chi connectivity index (χ4v) is 0.959.